The molecule has 0 aromatic heterocycles. The normalized spacial score (nSPS) is 16.3. The van der Waals surface area contributed by atoms with Crippen LogP contribution in [0.4, 0.5) is 18.9 Å². The summed E-state index contributed by atoms with van der Waals surface area (Å²) in [5.74, 6) is -1.53. The number of benzene rings is 1. The van der Waals surface area contributed by atoms with Gasteiger partial charge in [-0.15, -0.1) is 12.4 Å². The number of alkyl halides is 3. The highest BCUT2D eigenvalue weighted by atomic mass is 35.5. The van der Waals surface area contributed by atoms with Gasteiger partial charge >= 0.3 is 12.1 Å². The fourth-order valence-electron chi connectivity index (χ4n) is 2.48. The summed E-state index contributed by atoms with van der Waals surface area (Å²) in [6.07, 6.45) is -3.43. The molecule has 0 aliphatic carbocycles. The van der Waals surface area contributed by atoms with Gasteiger partial charge in [-0.3, -0.25) is 14.5 Å². The molecule has 9 heteroatoms. The minimum atomic E-state index is -4.41. The summed E-state index contributed by atoms with van der Waals surface area (Å²) in [6.45, 7) is 1.11. The first-order chi connectivity index (χ1) is 10.8. The number of nitrogens with zero attached hydrogens (tertiary/aromatic N) is 1. The van der Waals surface area contributed by atoms with E-state index >= 15 is 0 Å². The molecule has 0 atom stereocenters. The molecule has 0 spiro atoms. The molecule has 0 bridgehead atoms. The molecule has 0 unspecified atom stereocenters. The minimum absolute atomic E-state index is 0. The Labute approximate surface area is 143 Å². The van der Waals surface area contributed by atoms with Crippen LogP contribution in [0.5, 0.6) is 0 Å². The van der Waals surface area contributed by atoms with Gasteiger partial charge in [0.1, 0.15) is 0 Å². The quantitative estimate of drug-likeness (QED) is 0.859. The number of likely N-dealkylation sites (tertiary alicyclic amines) is 1. The van der Waals surface area contributed by atoms with Crippen molar-refractivity contribution in [2.75, 3.05) is 25.0 Å². The van der Waals surface area contributed by atoms with Gasteiger partial charge in [-0.25, -0.2) is 0 Å². The zero-order valence-corrected chi connectivity index (χ0v) is 13.5. The first-order valence-corrected chi connectivity index (χ1v) is 7.18. The molecule has 1 heterocycles. The van der Waals surface area contributed by atoms with Crippen LogP contribution in [0.1, 0.15) is 18.4 Å². The number of aliphatic carboxylic acids is 1. The minimum Gasteiger partial charge on any atom is -0.481 e. The highest BCUT2D eigenvalue weighted by molar-refractivity contribution is 5.92. The van der Waals surface area contributed by atoms with Crippen LogP contribution in [-0.4, -0.2) is 41.5 Å². The summed E-state index contributed by atoms with van der Waals surface area (Å²) in [4.78, 5) is 24.6. The topological polar surface area (TPSA) is 69.6 Å². The van der Waals surface area contributed by atoms with Gasteiger partial charge in [-0.05, 0) is 50.2 Å². The molecule has 1 aliphatic heterocycles. The summed E-state index contributed by atoms with van der Waals surface area (Å²) in [5, 5.41) is 11.4. The van der Waals surface area contributed by atoms with Crippen LogP contribution >= 0.6 is 12.4 Å². The van der Waals surface area contributed by atoms with E-state index in [1.165, 1.54) is 12.1 Å². The molecule has 1 aromatic carbocycles. The molecule has 1 amide bonds. The largest absolute Gasteiger partial charge is 0.481 e. The van der Waals surface area contributed by atoms with Gasteiger partial charge in [0.05, 0.1) is 18.0 Å². The highest BCUT2D eigenvalue weighted by Gasteiger charge is 2.30. The van der Waals surface area contributed by atoms with Crippen molar-refractivity contribution < 1.29 is 27.9 Å². The second-order valence-corrected chi connectivity index (χ2v) is 5.51. The van der Waals surface area contributed by atoms with E-state index in [-0.39, 0.29) is 30.8 Å². The number of nitrogens with one attached hydrogen (secondary N) is 1. The molecule has 2 N–H and O–H groups in total. The van der Waals surface area contributed by atoms with E-state index in [9.17, 15) is 22.8 Å². The van der Waals surface area contributed by atoms with Crippen LogP contribution in [0.3, 0.4) is 0 Å². The van der Waals surface area contributed by atoms with Gasteiger partial charge in [0.2, 0.25) is 5.91 Å². The van der Waals surface area contributed by atoms with Gasteiger partial charge in [0.15, 0.2) is 0 Å². The summed E-state index contributed by atoms with van der Waals surface area (Å²) >= 11 is 0. The van der Waals surface area contributed by atoms with Crippen LogP contribution < -0.4 is 5.32 Å². The van der Waals surface area contributed by atoms with E-state index in [1.807, 2.05) is 4.90 Å². The van der Waals surface area contributed by atoms with Crippen molar-refractivity contribution in [3.8, 4) is 0 Å². The van der Waals surface area contributed by atoms with Crippen molar-refractivity contribution in [2.45, 2.75) is 19.0 Å². The summed E-state index contributed by atoms with van der Waals surface area (Å²) in [6, 6.07) is 4.23. The van der Waals surface area contributed by atoms with Crippen molar-refractivity contribution in [3.05, 3.63) is 29.8 Å². The Hall–Kier alpha value is -1.80. The molecule has 1 aliphatic rings. The fraction of sp³-hybridized carbons (Fsp3) is 0.467. The second kappa shape index (κ2) is 8.34. The maximum Gasteiger partial charge on any atom is 0.416 e. The molecule has 0 saturated carbocycles. The van der Waals surface area contributed by atoms with Crippen molar-refractivity contribution in [3.63, 3.8) is 0 Å². The monoisotopic (exact) mass is 366 g/mol. The van der Waals surface area contributed by atoms with Gasteiger partial charge in [-0.1, -0.05) is 0 Å². The molecule has 1 aromatic rings. The maximum atomic E-state index is 12.4. The number of anilines is 1. The van der Waals surface area contributed by atoms with E-state index in [0.29, 0.717) is 31.6 Å². The SMILES string of the molecule is Cl.O=C(CN1CCC(C(=O)O)CC1)Nc1ccc(C(F)(F)F)cc1. The van der Waals surface area contributed by atoms with Crippen LogP contribution in [0, 0.1) is 5.92 Å². The Morgan fingerprint density at radius 3 is 2.17 bits per heavy atom. The number of rotatable bonds is 4. The number of carbonyl (C=O) groups excluding carboxylic acids is 1. The Morgan fingerprint density at radius 1 is 1.17 bits per heavy atom. The molecule has 1 fully saturated rings. The number of carbonyl (C=O) groups is 2. The number of hydrogen-bond acceptors (Lipinski definition) is 3. The lowest BCUT2D eigenvalue weighted by molar-refractivity contribution is -0.143. The van der Waals surface area contributed by atoms with Gasteiger partial charge in [0, 0.05) is 5.69 Å². The molecule has 2 rings (SSSR count). The average Bonchev–Trinajstić information content (AvgIpc) is 2.47. The predicted octanol–water partition coefficient (Wildman–Crippen LogP) is 2.86. The lowest BCUT2D eigenvalue weighted by atomic mass is 9.97. The molecular formula is C15H18ClF3N2O3. The zero-order chi connectivity index (χ0) is 17.0. The number of hydrogen-bond donors (Lipinski definition) is 2. The molecule has 0 radical (unpaired) electrons. The van der Waals surface area contributed by atoms with E-state index in [4.69, 9.17) is 5.11 Å². The lowest BCUT2D eigenvalue weighted by Crippen LogP contribution is -2.40. The standard InChI is InChI=1S/C15H17F3N2O3.ClH/c16-15(17,18)11-1-3-12(4-2-11)19-13(21)9-20-7-5-10(6-8-20)14(22)23;/h1-4,10H,5-9H2,(H,19,21)(H,22,23);1H. The molecule has 24 heavy (non-hydrogen) atoms. The summed E-state index contributed by atoms with van der Waals surface area (Å²) in [7, 11) is 0. The second-order valence-electron chi connectivity index (χ2n) is 5.51. The van der Waals surface area contributed by atoms with Gasteiger partial charge in [-0.2, -0.15) is 13.2 Å². The maximum absolute atomic E-state index is 12.4. The number of carboxylic acid groups (broad SMARTS) is 1. The van der Waals surface area contributed by atoms with E-state index < -0.39 is 17.7 Å². The first-order valence-electron chi connectivity index (χ1n) is 7.18. The number of amides is 1. The fourth-order valence-corrected chi connectivity index (χ4v) is 2.48. The highest BCUT2D eigenvalue weighted by Crippen LogP contribution is 2.29. The van der Waals surface area contributed by atoms with Crippen molar-refractivity contribution >= 4 is 30.0 Å². The van der Waals surface area contributed by atoms with Crippen molar-refractivity contribution in [2.24, 2.45) is 5.92 Å². The van der Waals surface area contributed by atoms with Gasteiger partial charge < -0.3 is 10.4 Å². The third-order valence-corrected chi connectivity index (χ3v) is 3.80. The third kappa shape index (κ3) is 5.68. The Balaban J connectivity index is 0.00000288. The lowest BCUT2D eigenvalue weighted by Gasteiger charge is -2.29. The summed E-state index contributed by atoms with van der Waals surface area (Å²) in [5.41, 5.74) is -0.477. The van der Waals surface area contributed by atoms with Crippen LogP contribution in [0.2, 0.25) is 0 Å². The molecule has 5 nitrogen and oxygen atoms in total. The number of halogens is 4. The predicted molar refractivity (Wildman–Crippen MR) is 84.1 cm³/mol. The molecule has 1 saturated heterocycles. The first kappa shape index (κ1) is 20.2. The Kier molecular flexibility index (Phi) is 7.04. The van der Waals surface area contributed by atoms with Gasteiger partial charge in [0.25, 0.3) is 0 Å². The summed E-state index contributed by atoms with van der Waals surface area (Å²) < 4.78 is 37.3. The van der Waals surface area contributed by atoms with Crippen LogP contribution in [0.25, 0.3) is 0 Å². The number of piperidine rings is 1. The van der Waals surface area contributed by atoms with Crippen LogP contribution in [0.15, 0.2) is 24.3 Å². The van der Waals surface area contributed by atoms with Crippen LogP contribution in [-0.2, 0) is 15.8 Å². The van der Waals surface area contributed by atoms with E-state index in [2.05, 4.69) is 5.32 Å². The Morgan fingerprint density at radius 2 is 1.71 bits per heavy atom. The smallest absolute Gasteiger partial charge is 0.416 e. The molecular weight excluding hydrogens is 349 g/mol. The van der Waals surface area contributed by atoms with E-state index in [1.54, 1.807) is 0 Å². The average molecular weight is 367 g/mol. The Bertz CT molecular complexity index is 570. The third-order valence-electron chi connectivity index (χ3n) is 3.80. The molecule has 134 valence electrons. The van der Waals surface area contributed by atoms with E-state index in [0.717, 1.165) is 12.1 Å². The number of carboxylic acids is 1. The zero-order valence-electron chi connectivity index (χ0n) is 12.7. The van der Waals surface area contributed by atoms with Crippen molar-refractivity contribution in [1.82, 2.24) is 4.90 Å². The van der Waals surface area contributed by atoms with Crippen molar-refractivity contribution in [1.29, 1.82) is 0 Å².